The summed E-state index contributed by atoms with van der Waals surface area (Å²) in [6, 6.07) is 5.81. The standard InChI is InChI=1S/C20H26FN5O2/c1-12-10-17(25-20(22-3)23-12)19(28)24-13(2)16-11-14(21)4-5-18(16)26-8-6-15(27)7-9-26/h4-5,10-11,13,15,27H,6-9H2,1-3H3,(H,24,28)(H,22,23,25). The molecule has 3 N–H and O–H groups in total. The summed E-state index contributed by atoms with van der Waals surface area (Å²) in [4.78, 5) is 23.2. The van der Waals surface area contributed by atoms with Crippen LogP contribution >= 0.6 is 0 Å². The molecule has 1 amide bonds. The Morgan fingerprint density at radius 2 is 2.00 bits per heavy atom. The average molecular weight is 387 g/mol. The first-order valence-corrected chi connectivity index (χ1v) is 9.44. The highest BCUT2D eigenvalue weighted by atomic mass is 19.1. The number of hydrogen-bond acceptors (Lipinski definition) is 6. The molecule has 28 heavy (non-hydrogen) atoms. The molecule has 0 spiro atoms. The number of nitrogens with one attached hydrogen (secondary N) is 2. The third kappa shape index (κ3) is 4.56. The number of rotatable bonds is 5. The first kappa shape index (κ1) is 20.0. The van der Waals surface area contributed by atoms with Gasteiger partial charge in [-0.3, -0.25) is 4.79 Å². The number of aliphatic hydroxyl groups is 1. The lowest BCUT2D eigenvalue weighted by atomic mass is 10.0. The lowest BCUT2D eigenvalue weighted by Gasteiger charge is -2.34. The second-order valence-corrected chi connectivity index (χ2v) is 7.08. The zero-order valence-electron chi connectivity index (χ0n) is 16.4. The maximum atomic E-state index is 13.9. The van der Waals surface area contributed by atoms with E-state index in [4.69, 9.17) is 0 Å². The van der Waals surface area contributed by atoms with Crippen LogP contribution in [0.3, 0.4) is 0 Å². The Kier molecular flexibility index (Phi) is 6.08. The molecule has 0 bridgehead atoms. The van der Waals surface area contributed by atoms with Crippen molar-refractivity contribution in [3.05, 3.63) is 47.0 Å². The van der Waals surface area contributed by atoms with E-state index in [-0.39, 0.29) is 23.5 Å². The van der Waals surface area contributed by atoms with Crippen LogP contribution in [0.5, 0.6) is 0 Å². The number of piperidine rings is 1. The first-order valence-electron chi connectivity index (χ1n) is 9.44. The summed E-state index contributed by atoms with van der Waals surface area (Å²) in [6.07, 6.45) is 1.05. The fourth-order valence-electron chi connectivity index (χ4n) is 3.41. The number of anilines is 2. The van der Waals surface area contributed by atoms with Gasteiger partial charge in [0.25, 0.3) is 5.91 Å². The van der Waals surface area contributed by atoms with Crippen molar-refractivity contribution in [1.82, 2.24) is 15.3 Å². The van der Waals surface area contributed by atoms with Crippen molar-refractivity contribution in [3.63, 3.8) is 0 Å². The van der Waals surface area contributed by atoms with Crippen molar-refractivity contribution in [2.45, 2.75) is 38.8 Å². The number of halogens is 1. The molecule has 0 radical (unpaired) electrons. The Balaban J connectivity index is 1.82. The molecule has 150 valence electrons. The van der Waals surface area contributed by atoms with Gasteiger partial charge in [-0.2, -0.15) is 0 Å². The molecule has 1 aromatic heterocycles. The average Bonchev–Trinajstić information content (AvgIpc) is 2.68. The predicted octanol–water partition coefficient (Wildman–Crippen LogP) is 2.42. The van der Waals surface area contributed by atoms with Gasteiger partial charge in [0.05, 0.1) is 12.1 Å². The van der Waals surface area contributed by atoms with Gasteiger partial charge in [-0.1, -0.05) is 0 Å². The Morgan fingerprint density at radius 3 is 2.68 bits per heavy atom. The molecule has 8 heteroatoms. The summed E-state index contributed by atoms with van der Waals surface area (Å²) in [6.45, 7) is 4.99. The highest BCUT2D eigenvalue weighted by Gasteiger charge is 2.23. The maximum Gasteiger partial charge on any atom is 0.270 e. The Morgan fingerprint density at radius 1 is 1.29 bits per heavy atom. The van der Waals surface area contributed by atoms with Crippen molar-refractivity contribution in [2.75, 3.05) is 30.4 Å². The summed E-state index contributed by atoms with van der Waals surface area (Å²) in [5.41, 5.74) is 2.50. The van der Waals surface area contributed by atoms with Crippen molar-refractivity contribution in [1.29, 1.82) is 0 Å². The molecule has 1 saturated heterocycles. The number of amides is 1. The van der Waals surface area contributed by atoms with Crippen molar-refractivity contribution in [3.8, 4) is 0 Å². The molecule has 1 aliphatic rings. The van der Waals surface area contributed by atoms with E-state index >= 15 is 0 Å². The van der Waals surface area contributed by atoms with Gasteiger partial charge < -0.3 is 20.6 Å². The molecular formula is C20H26FN5O2. The lowest BCUT2D eigenvalue weighted by molar-refractivity contribution is 0.0934. The number of carbonyl (C=O) groups is 1. The zero-order valence-corrected chi connectivity index (χ0v) is 16.4. The predicted molar refractivity (Wildman–Crippen MR) is 106 cm³/mol. The van der Waals surface area contributed by atoms with Crippen LogP contribution in [0.25, 0.3) is 0 Å². The first-order chi connectivity index (χ1) is 13.4. The highest BCUT2D eigenvalue weighted by Crippen LogP contribution is 2.30. The number of carbonyl (C=O) groups excluding carboxylic acids is 1. The topological polar surface area (TPSA) is 90.4 Å². The fourth-order valence-corrected chi connectivity index (χ4v) is 3.41. The van der Waals surface area contributed by atoms with Crippen LogP contribution in [0, 0.1) is 12.7 Å². The highest BCUT2D eigenvalue weighted by molar-refractivity contribution is 5.93. The van der Waals surface area contributed by atoms with Gasteiger partial charge in [-0.25, -0.2) is 14.4 Å². The third-order valence-corrected chi connectivity index (χ3v) is 4.92. The molecule has 1 unspecified atom stereocenters. The summed E-state index contributed by atoms with van der Waals surface area (Å²) < 4.78 is 13.9. The van der Waals surface area contributed by atoms with Gasteiger partial charge >= 0.3 is 0 Å². The van der Waals surface area contributed by atoms with E-state index in [2.05, 4.69) is 25.5 Å². The van der Waals surface area contributed by atoms with Crippen LogP contribution in [0.4, 0.5) is 16.0 Å². The SMILES string of the molecule is CNc1nc(C)cc(C(=O)NC(C)c2cc(F)ccc2N2CCC(O)CC2)n1. The Bertz CT molecular complexity index is 852. The largest absolute Gasteiger partial charge is 0.393 e. The number of aryl methyl sites for hydroxylation is 1. The lowest BCUT2D eigenvalue weighted by Crippen LogP contribution is -2.37. The minimum atomic E-state index is -0.418. The summed E-state index contributed by atoms with van der Waals surface area (Å²) in [7, 11) is 1.69. The number of aliphatic hydroxyl groups excluding tert-OH is 1. The number of nitrogens with zero attached hydrogens (tertiary/aromatic N) is 3. The molecule has 0 aliphatic carbocycles. The van der Waals surface area contributed by atoms with Crippen LogP contribution in [0.15, 0.2) is 24.3 Å². The van der Waals surface area contributed by atoms with Gasteiger partial charge in [-0.15, -0.1) is 0 Å². The van der Waals surface area contributed by atoms with Gasteiger partial charge in [0.2, 0.25) is 5.95 Å². The maximum absolute atomic E-state index is 13.9. The number of benzene rings is 1. The van der Waals surface area contributed by atoms with E-state index in [1.165, 1.54) is 12.1 Å². The second-order valence-electron chi connectivity index (χ2n) is 7.08. The molecule has 1 aromatic carbocycles. The van der Waals surface area contributed by atoms with Gasteiger partial charge in [0, 0.05) is 37.1 Å². The van der Waals surface area contributed by atoms with Gasteiger partial charge in [0.15, 0.2) is 0 Å². The molecule has 7 nitrogen and oxygen atoms in total. The molecule has 1 atom stereocenters. The molecule has 1 aliphatic heterocycles. The molecule has 2 heterocycles. The monoisotopic (exact) mass is 387 g/mol. The van der Waals surface area contributed by atoms with Gasteiger partial charge in [0.1, 0.15) is 11.5 Å². The Labute approximate surface area is 164 Å². The quantitative estimate of drug-likeness (QED) is 0.730. The normalized spacial score (nSPS) is 16.0. The van der Waals surface area contributed by atoms with E-state index < -0.39 is 6.04 Å². The summed E-state index contributed by atoms with van der Waals surface area (Å²) in [5, 5.41) is 15.5. The number of aromatic nitrogens is 2. The molecule has 1 fully saturated rings. The minimum absolute atomic E-state index is 0.253. The summed E-state index contributed by atoms with van der Waals surface area (Å²) >= 11 is 0. The molecular weight excluding hydrogens is 361 g/mol. The van der Waals surface area contributed by atoms with E-state index in [1.54, 1.807) is 26.1 Å². The van der Waals surface area contributed by atoms with E-state index in [1.807, 2.05) is 6.92 Å². The van der Waals surface area contributed by atoms with Crippen LogP contribution < -0.4 is 15.5 Å². The van der Waals surface area contributed by atoms with Crippen molar-refractivity contribution < 1.29 is 14.3 Å². The smallest absolute Gasteiger partial charge is 0.270 e. The van der Waals surface area contributed by atoms with E-state index in [0.717, 1.165) is 5.69 Å². The summed E-state index contributed by atoms with van der Waals surface area (Å²) in [5.74, 6) is -0.331. The van der Waals surface area contributed by atoms with Crippen LogP contribution in [0.2, 0.25) is 0 Å². The molecule has 2 aromatic rings. The Hall–Kier alpha value is -2.74. The van der Waals surface area contributed by atoms with Crippen LogP contribution in [-0.4, -0.2) is 47.2 Å². The van der Waals surface area contributed by atoms with Crippen LogP contribution in [0.1, 0.15) is 47.6 Å². The van der Waals surface area contributed by atoms with Crippen molar-refractivity contribution in [2.24, 2.45) is 0 Å². The van der Waals surface area contributed by atoms with E-state index in [0.29, 0.717) is 43.1 Å². The fraction of sp³-hybridized carbons (Fsp3) is 0.450. The third-order valence-electron chi connectivity index (χ3n) is 4.92. The zero-order chi connectivity index (χ0) is 20.3. The number of hydrogen-bond donors (Lipinski definition) is 3. The van der Waals surface area contributed by atoms with Crippen LogP contribution in [-0.2, 0) is 0 Å². The molecule has 0 saturated carbocycles. The van der Waals surface area contributed by atoms with Gasteiger partial charge in [-0.05, 0) is 51.0 Å². The van der Waals surface area contributed by atoms with Crippen molar-refractivity contribution >= 4 is 17.5 Å². The second kappa shape index (κ2) is 8.52. The molecule has 3 rings (SSSR count). The minimum Gasteiger partial charge on any atom is -0.393 e. The van der Waals surface area contributed by atoms with E-state index in [9.17, 15) is 14.3 Å².